The number of anilines is 1. The molecular formula is C17H19N3O2. The second-order valence-corrected chi connectivity index (χ2v) is 5.99. The van der Waals surface area contributed by atoms with Crippen molar-refractivity contribution in [1.29, 1.82) is 0 Å². The van der Waals surface area contributed by atoms with Gasteiger partial charge in [-0.05, 0) is 30.7 Å². The van der Waals surface area contributed by atoms with E-state index in [0.29, 0.717) is 6.61 Å². The maximum atomic E-state index is 6.12. The van der Waals surface area contributed by atoms with Crippen molar-refractivity contribution in [3.63, 3.8) is 0 Å². The number of hydrogen-bond donors (Lipinski definition) is 0. The SMILES string of the molecule is c1ccc(N2CC[C@@]3(C[C@@H](Oc4cccnc4)CO3)C2)nc1. The molecule has 2 fully saturated rings. The lowest BCUT2D eigenvalue weighted by molar-refractivity contribution is 0.0195. The summed E-state index contributed by atoms with van der Waals surface area (Å²) in [5.74, 6) is 1.84. The minimum absolute atomic E-state index is 0.0929. The first-order valence-corrected chi connectivity index (χ1v) is 7.70. The Kier molecular flexibility index (Phi) is 3.42. The topological polar surface area (TPSA) is 47.5 Å². The maximum Gasteiger partial charge on any atom is 0.138 e. The summed E-state index contributed by atoms with van der Waals surface area (Å²) < 4.78 is 12.1. The lowest BCUT2D eigenvalue weighted by Gasteiger charge is -2.23. The van der Waals surface area contributed by atoms with Crippen LogP contribution in [0.1, 0.15) is 12.8 Å². The Morgan fingerprint density at radius 3 is 3.05 bits per heavy atom. The highest BCUT2D eigenvalue weighted by Crippen LogP contribution is 2.37. The molecule has 0 unspecified atom stereocenters. The molecular weight excluding hydrogens is 278 g/mol. The molecule has 0 aliphatic carbocycles. The second-order valence-electron chi connectivity index (χ2n) is 5.99. The van der Waals surface area contributed by atoms with Crippen LogP contribution >= 0.6 is 0 Å². The zero-order chi connectivity index (χ0) is 14.8. The zero-order valence-corrected chi connectivity index (χ0v) is 12.4. The van der Waals surface area contributed by atoms with Crippen LogP contribution in [-0.4, -0.2) is 41.4 Å². The molecule has 1 spiro atoms. The molecule has 0 saturated carbocycles. The standard InChI is InChI=1S/C17H19N3O2/c1-2-8-19-16(5-1)20-9-6-17(13-20)10-15(12-21-17)22-14-4-3-7-18-11-14/h1-5,7-8,11,15H,6,9-10,12-13H2/t15-,17-/m1/s1. The molecule has 4 rings (SSSR count). The molecule has 0 bridgehead atoms. The number of ether oxygens (including phenoxy) is 2. The molecule has 4 heterocycles. The summed E-state index contributed by atoms with van der Waals surface area (Å²) >= 11 is 0. The highest BCUT2D eigenvalue weighted by Gasteiger charge is 2.46. The normalized spacial score (nSPS) is 27.5. The molecule has 114 valence electrons. The van der Waals surface area contributed by atoms with Gasteiger partial charge in [-0.2, -0.15) is 0 Å². The van der Waals surface area contributed by atoms with Crippen LogP contribution in [0.3, 0.4) is 0 Å². The summed E-state index contributed by atoms with van der Waals surface area (Å²) in [6.45, 7) is 2.51. The lowest BCUT2D eigenvalue weighted by atomic mass is 9.98. The van der Waals surface area contributed by atoms with Crippen molar-refractivity contribution in [2.24, 2.45) is 0 Å². The third-order valence-corrected chi connectivity index (χ3v) is 4.40. The van der Waals surface area contributed by atoms with Crippen LogP contribution in [-0.2, 0) is 4.74 Å². The van der Waals surface area contributed by atoms with Crippen molar-refractivity contribution in [3.8, 4) is 5.75 Å². The number of hydrogen-bond acceptors (Lipinski definition) is 5. The fourth-order valence-electron chi connectivity index (χ4n) is 3.35. The van der Waals surface area contributed by atoms with Crippen LogP contribution in [0.25, 0.3) is 0 Å². The van der Waals surface area contributed by atoms with Gasteiger partial charge in [0, 0.05) is 31.9 Å². The van der Waals surface area contributed by atoms with Gasteiger partial charge in [-0.25, -0.2) is 4.98 Å². The van der Waals surface area contributed by atoms with Crippen molar-refractivity contribution in [2.45, 2.75) is 24.5 Å². The molecule has 0 N–H and O–H groups in total. The molecule has 2 aliphatic rings. The van der Waals surface area contributed by atoms with Crippen LogP contribution in [0.5, 0.6) is 5.75 Å². The van der Waals surface area contributed by atoms with E-state index in [-0.39, 0.29) is 11.7 Å². The van der Waals surface area contributed by atoms with Crippen LogP contribution in [0.4, 0.5) is 5.82 Å². The predicted molar refractivity (Wildman–Crippen MR) is 83.0 cm³/mol. The van der Waals surface area contributed by atoms with Crippen molar-refractivity contribution in [3.05, 3.63) is 48.9 Å². The first kappa shape index (κ1) is 13.5. The first-order valence-electron chi connectivity index (χ1n) is 7.70. The zero-order valence-electron chi connectivity index (χ0n) is 12.4. The summed E-state index contributed by atoms with van der Waals surface area (Å²) in [4.78, 5) is 10.8. The highest BCUT2D eigenvalue weighted by atomic mass is 16.6. The van der Waals surface area contributed by atoms with Gasteiger partial charge in [0.05, 0.1) is 18.4 Å². The van der Waals surface area contributed by atoms with E-state index in [2.05, 4.69) is 20.9 Å². The van der Waals surface area contributed by atoms with Gasteiger partial charge in [0.15, 0.2) is 0 Å². The first-order chi connectivity index (χ1) is 10.8. The minimum Gasteiger partial charge on any atom is -0.486 e. The van der Waals surface area contributed by atoms with Crippen LogP contribution in [0.15, 0.2) is 48.9 Å². The van der Waals surface area contributed by atoms with Crippen molar-refractivity contribution < 1.29 is 9.47 Å². The van der Waals surface area contributed by atoms with E-state index in [0.717, 1.165) is 37.5 Å². The fourth-order valence-corrected chi connectivity index (χ4v) is 3.35. The maximum absolute atomic E-state index is 6.12. The van der Waals surface area contributed by atoms with Gasteiger partial charge in [-0.3, -0.25) is 4.98 Å². The predicted octanol–water partition coefficient (Wildman–Crippen LogP) is 2.29. The van der Waals surface area contributed by atoms with E-state index < -0.39 is 0 Å². The number of rotatable bonds is 3. The Morgan fingerprint density at radius 2 is 2.23 bits per heavy atom. The van der Waals surface area contributed by atoms with E-state index in [9.17, 15) is 0 Å². The Labute approximate surface area is 129 Å². The number of aromatic nitrogens is 2. The van der Waals surface area contributed by atoms with Crippen LogP contribution in [0, 0.1) is 0 Å². The van der Waals surface area contributed by atoms with Crippen molar-refractivity contribution in [2.75, 3.05) is 24.6 Å². The van der Waals surface area contributed by atoms with Gasteiger partial charge in [-0.15, -0.1) is 0 Å². The largest absolute Gasteiger partial charge is 0.486 e. The summed E-state index contributed by atoms with van der Waals surface area (Å²) in [5, 5.41) is 0. The molecule has 5 nitrogen and oxygen atoms in total. The molecule has 0 aromatic carbocycles. The second kappa shape index (κ2) is 5.57. The van der Waals surface area contributed by atoms with E-state index in [1.807, 2.05) is 30.5 Å². The summed E-state index contributed by atoms with van der Waals surface area (Å²) in [7, 11) is 0. The van der Waals surface area contributed by atoms with Crippen molar-refractivity contribution >= 4 is 5.82 Å². The van der Waals surface area contributed by atoms with Crippen molar-refractivity contribution in [1.82, 2.24) is 9.97 Å². The average molecular weight is 297 g/mol. The number of nitrogens with zero attached hydrogens (tertiary/aromatic N) is 3. The van der Waals surface area contributed by atoms with Gasteiger partial charge in [0.25, 0.3) is 0 Å². The molecule has 0 amide bonds. The molecule has 0 radical (unpaired) electrons. The molecule has 2 saturated heterocycles. The van der Waals surface area contributed by atoms with Crippen LogP contribution < -0.4 is 9.64 Å². The third-order valence-electron chi connectivity index (χ3n) is 4.40. The van der Waals surface area contributed by atoms with E-state index in [1.54, 1.807) is 12.4 Å². The van der Waals surface area contributed by atoms with Gasteiger partial charge in [0.2, 0.25) is 0 Å². The lowest BCUT2D eigenvalue weighted by Crippen LogP contribution is -2.33. The Hall–Kier alpha value is -2.14. The molecule has 2 aliphatic heterocycles. The highest BCUT2D eigenvalue weighted by molar-refractivity contribution is 5.40. The Bertz CT molecular complexity index is 622. The van der Waals surface area contributed by atoms with Gasteiger partial charge >= 0.3 is 0 Å². The van der Waals surface area contributed by atoms with Gasteiger partial charge in [-0.1, -0.05) is 6.07 Å². The number of pyridine rings is 2. The Morgan fingerprint density at radius 1 is 1.23 bits per heavy atom. The summed E-state index contributed by atoms with van der Waals surface area (Å²) in [6, 6.07) is 9.85. The Balaban J connectivity index is 1.40. The molecule has 5 heteroatoms. The van der Waals surface area contributed by atoms with Crippen LogP contribution in [0.2, 0.25) is 0 Å². The van der Waals surface area contributed by atoms with E-state index in [1.165, 1.54) is 0 Å². The smallest absolute Gasteiger partial charge is 0.138 e. The summed E-state index contributed by atoms with van der Waals surface area (Å²) in [6.07, 6.45) is 7.39. The van der Waals surface area contributed by atoms with Gasteiger partial charge in [0.1, 0.15) is 17.7 Å². The average Bonchev–Trinajstić information content (AvgIpc) is 3.17. The van der Waals surface area contributed by atoms with E-state index in [4.69, 9.17) is 9.47 Å². The fraction of sp³-hybridized carbons (Fsp3) is 0.412. The van der Waals surface area contributed by atoms with Gasteiger partial charge < -0.3 is 14.4 Å². The van der Waals surface area contributed by atoms with E-state index >= 15 is 0 Å². The monoisotopic (exact) mass is 297 g/mol. The minimum atomic E-state index is -0.0929. The molecule has 22 heavy (non-hydrogen) atoms. The molecule has 2 aromatic rings. The third kappa shape index (κ3) is 2.64. The molecule has 2 atom stereocenters. The quantitative estimate of drug-likeness (QED) is 0.870. The summed E-state index contributed by atoms with van der Waals surface area (Å²) in [5.41, 5.74) is -0.0929. The molecule has 2 aromatic heterocycles.